The number of hydrogen-bond acceptors (Lipinski definition) is 4. The number of nitro benzene ring substituents is 1. The van der Waals surface area contributed by atoms with Gasteiger partial charge >= 0.3 is 5.69 Å². The topological polar surface area (TPSA) is 78.4 Å². The number of nitro groups is 1. The Morgan fingerprint density at radius 1 is 1.25 bits per heavy atom. The van der Waals surface area contributed by atoms with Crippen molar-refractivity contribution >= 4 is 17.3 Å². The fourth-order valence-corrected chi connectivity index (χ4v) is 1.90. The maximum absolute atomic E-state index is 10.9. The first-order valence-electron chi connectivity index (χ1n) is 5.95. The number of benzene rings is 2. The molecule has 2 rings (SSSR count). The molecule has 0 aliphatic rings. The molecule has 0 aliphatic heterocycles. The van der Waals surface area contributed by atoms with Gasteiger partial charge in [0.2, 0.25) is 0 Å². The maximum Gasteiger partial charge on any atom is 0.312 e. The highest BCUT2D eigenvalue weighted by atomic mass is 35.5. The lowest BCUT2D eigenvalue weighted by molar-refractivity contribution is -0.385. The minimum absolute atomic E-state index is 0.145. The number of rotatable bonds is 5. The standard InChI is InChI=1S/C14H13ClN2O3/c15-11-6-7-14(13(8-11)17(18)19)20-9-12(16)10-4-2-1-3-5-10/h1-8,12H,9,16H2. The zero-order chi connectivity index (χ0) is 14.5. The number of ether oxygens (including phenoxy) is 1. The van der Waals surface area contributed by atoms with E-state index in [0.29, 0.717) is 0 Å². The van der Waals surface area contributed by atoms with E-state index >= 15 is 0 Å². The Kier molecular flexibility index (Phi) is 4.55. The molecule has 104 valence electrons. The normalized spacial score (nSPS) is 11.9. The maximum atomic E-state index is 10.9. The minimum Gasteiger partial charge on any atom is -0.485 e. The summed E-state index contributed by atoms with van der Waals surface area (Å²) in [4.78, 5) is 10.4. The zero-order valence-electron chi connectivity index (χ0n) is 10.5. The lowest BCUT2D eigenvalue weighted by Gasteiger charge is -2.13. The summed E-state index contributed by atoms with van der Waals surface area (Å²) in [5.41, 5.74) is 6.72. The third-order valence-corrected chi connectivity index (χ3v) is 3.00. The first-order valence-corrected chi connectivity index (χ1v) is 6.33. The van der Waals surface area contributed by atoms with Gasteiger partial charge in [-0.1, -0.05) is 41.9 Å². The van der Waals surface area contributed by atoms with Crippen LogP contribution < -0.4 is 10.5 Å². The van der Waals surface area contributed by atoms with E-state index in [1.54, 1.807) is 0 Å². The van der Waals surface area contributed by atoms with Crippen molar-refractivity contribution < 1.29 is 9.66 Å². The van der Waals surface area contributed by atoms with Gasteiger partial charge in [-0.15, -0.1) is 0 Å². The van der Waals surface area contributed by atoms with Crippen LogP contribution in [0.2, 0.25) is 5.02 Å². The van der Waals surface area contributed by atoms with Gasteiger partial charge in [0.05, 0.1) is 11.0 Å². The molecule has 6 heteroatoms. The Bertz CT molecular complexity index is 605. The van der Waals surface area contributed by atoms with Crippen molar-refractivity contribution in [1.82, 2.24) is 0 Å². The summed E-state index contributed by atoms with van der Waals surface area (Å²) in [6, 6.07) is 13.3. The van der Waals surface area contributed by atoms with Crippen LogP contribution >= 0.6 is 11.6 Å². The van der Waals surface area contributed by atoms with E-state index in [4.69, 9.17) is 22.1 Å². The van der Waals surface area contributed by atoms with Crippen molar-refractivity contribution in [1.29, 1.82) is 0 Å². The monoisotopic (exact) mass is 292 g/mol. The van der Waals surface area contributed by atoms with Crippen molar-refractivity contribution in [3.8, 4) is 5.75 Å². The highest BCUT2D eigenvalue weighted by Gasteiger charge is 2.17. The summed E-state index contributed by atoms with van der Waals surface area (Å²) < 4.78 is 5.44. The van der Waals surface area contributed by atoms with E-state index in [2.05, 4.69) is 0 Å². The molecule has 0 spiro atoms. The SMILES string of the molecule is NC(COc1ccc(Cl)cc1[N+](=O)[O-])c1ccccc1. The predicted molar refractivity (Wildman–Crippen MR) is 77.0 cm³/mol. The van der Waals surface area contributed by atoms with Crippen LogP contribution in [0.15, 0.2) is 48.5 Å². The van der Waals surface area contributed by atoms with Crippen LogP contribution in [0.3, 0.4) is 0 Å². The summed E-state index contributed by atoms with van der Waals surface area (Å²) >= 11 is 5.73. The van der Waals surface area contributed by atoms with Crippen LogP contribution in [0.4, 0.5) is 5.69 Å². The lowest BCUT2D eigenvalue weighted by Crippen LogP contribution is -2.19. The summed E-state index contributed by atoms with van der Waals surface area (Å²) in [6.07, 6.45) is 0. The molecule has 0 radical (unpaired) electrons. The second-order valence-electron chi connectivity index (χ2n) is 4.20. The molecule has 0 heterocycles. The fraction of sp³-hybridized carbons (Fsp3) is 0.143. The van der Waals surface area contributed by atoms with Gasteiger partial charge in [-0.2, -0.15) is 0 Å². The van der Waals surface area contributed by atoms with E-state index in [9.17, 15) is 10.1 Å². The first kappa shape index (κ1) is 14.3. The molecule has 2 aromatic rings. The largest absolute Gasteiger partial charge is 0.485 e. The highest BCUT2D eigenvalue weighted by Crippen LogP contribution is 2.30. The van der Waals surface area contributed by atoms with Crippen molar-refractivity contribution in [2.45, 2.75) is 6.04 Å². The molecule has 2 N–H and O–H groups in total. The molecule has 0 saturated heterocycles. The molecule has 20 heavy (non-hydrogen) atoms. The van der Waals surface area contributed by atoms with Gasteiger partial charge in [-0.25, -0.2) is 0 Å². The molecule has 1 atom stereocenters. The van der Waals surface area contributed by atoms with Gasteiger partial charge in [0.1, 0.15) is 6.61 Å². The molecule has 0 saturated carbocycles. The molecule has 0 fully saturated rings. The predicted octanol–water partition coefficient (Wildman–Crippen LogP) is 3.33. The second-order valence-corrected chi connectivity index (χ2v) is 4.63. The Morgan fingerprint density at radius 3 is 2.60 bits per heavy atom. The molecule has 1 unspecified atom stereocenters. The quantitative estimate of drug-likeness (QED) is 0.677. The molecule has 0 aromatic heterocycles. The summed E-state index contributed by atoms with van der Waals surface area (Å²) in [5, 5.41) is 11.2. The summed E-state index contributed by atoms with van der Waals surface area (Å²) in [5.74, 6) is 0.158. The smallest absolute Gasteiger partial charge is 0.312 e. The van der Waals surface area contributed by atoms with Gasteiger partial charge in [-0.05, 0) is 17.7 Å². The molecule has 0 amide bonds. The Hall–Kier alpha value is -2.11. The molecular weight excluding hydrogens is 280 g/mol. The third kappa shape index (κ3) is 3.46. The zero-order valence-corrected chi connectivity index (χ0v) is 11.3. The highest BCUT2D eigenvalue weighted by molar-refractivity contribution is 6.30. The third-order valence-electron chi connectivity index (χ3n) is 2.76. The Labute approximate surface area is 121 Å². The van der Waals surface area contributed by atoms with Gasteiger partial charge < -0.3 is 10.5 Å². The van der Waals surface area contributed by atoms with Crippen LogP contribution in [-0.2, 0) is 0 Å². The number of nitrogens with two attached hydrogens (primary N) is 1. The van der Waals surface area contributed by atoms with E-state index in [1.807, 2.05) is 30.3 Å². The molecular formula is C14H13ClN2O3. The van der Waals surface area contributed by atoms with Crippen molar-refractivity contribution in [2.24, 2.45) is 5.73 Å². The molecule has 0 bridgehead atoms. The molecule has 0 aliphatic carbocycles. The summed E-state index contributed by atoms with van der Waals surface area (Å²) in [6.45, 7) is 0.145. The fourth-order valence-electron chi connectivity index (χ4n) is 1.73. The molecule has 5 nitrogen and oxygen atoms in total. The van der Waals surface area contributed by atoms with Crippen LogP contribution in [0.5, 0.6) is 5.75 Å². The average molecular weight is 293 g/mol. The number of hydrogen-bond donors (Lipinski definition) is 1. The summed E-state index contributed by atoms with van der Waals surface area (Å²) in [7, 11) is 0. The number of nitrogens with zero attached hydrogens (tertiary/aromatic N) is 1. The van der Waals surface area contributed by atoms with E-state index < -0.39 is 4.92 Å². The van der Waals surface area contributed by atoms with E-state index in [-0.39, 0.29) is 29.1 Å². The number of halogens is 1. The lowest BCUT2D eigenvalue weighted by atomic mass is 10.1. The average Bonchev–Trinajstić information content (AvgIpc) is 2.46. The van der Waals surface area contributed by atoms with Crippen molar-refractivity contribution in [3.05, 3.63) is 69.2 Å². The Balaban J connectivity index is 2.09. The first-order chi connectivity index (χ1) is 9.58. The second kappa shape index (κ2) is 6.36. The van der Waals surface area contributed by atoms with Gasteiger partial charge in [0.15, 0.2) is 5.75 Å². The van der Waals surface area contributed by atoms with E-state index in [1.165, 1.54) is 18.2 Å². The molecule has 2 aromatic carbocycles. The van der Waals surface area contributed by atoms with Crippen LogP contribution in [-0.4, -0.2) is 11.5 Å². The Morgan fingerprint density at radius 2 is 1.95 bits per heavy atom. The van der Waals surface area contributed by atoms with Crippen LogP contribution in [0, 0.1) is 10.1 Å². The van der Waals surface area contributed by atoms with Crippen LogP contribution in [0.1, 0.15) is 11.6 Å². The van der Waals surface area contributed by atoms with Gasteiger partial charge in [0, 0.05) is 11.1 Å². The van der Waals surface area contributed by atoms with Crippen LogP contribution in [0.25, 0.3) is 0 Å². The van der Waals surface area contributed by atoms with Crippen molar-refractivity contribution in [2.75, 3.05) is 6.61 Å². The van der Waals surface area contributed by atoms with Gasteiger partial charge in [0.25, 0.3) is 0 Å². The van der Waals surface area contributed by atoms with Crippen molar-refractivity contribution in [3.63, 3.8) is 0 Å². The minimum atomic E-state index is -0.532. The van der Waals surface area contributed by atoms with E-state index in [0.717, 1.165) is 5.56 Å². The van der Waals surface area contributed by atoms with Gasteiger partial charge in [-0.3, -0.25) is 10.1 Å².